The van der Waals surface area contributed by atoms with Gasteiger partial charge in [0.15, 0.2) is 0 Å². The van der Waals surface area contributed by atoms with Crippen molar-refractivity contribution in [3.8, 4) is 0 Å². The van der Waals surface area contributed by atoms with Crippen molar-refractivity contribution in [1.82, 2.24) is 4.98 Å². The van der Waals surface area contributed by atoms with Crippen molar-refractivity contribution in [1.29, 1.82) is 0 Å². The smallest absolute Gasteiger partial charge is 0.0724 e. The van der Waals surface area contributed by atoms with Crippen LogP contribution in [0.25, 0.3) is 10.9 Å². The topological polar surface area (TPSA) is 42.2 Å². The number of nitrogen functional groups attached to an aromatic ring is 1. The normalized spacial score (nSPS) is 18.0. The van der Waals surface area contributed by atoms with Crippen LogP contribution in [0.5, 0.6) is 0 Å². The standard InChI is InChI=1S/C17H17N3S/c1-11-12-7-10-21-16(12)6-9-20(11)15-5-4-14-13(17(15)18)3-2-8-19-14/h2-5,7-8,10-11H,6,9,18H2,1H3. The lowest BCUT2D eigenvalue weighted by molar-refractivity contribution is 0.634. The van der Waals surface area contributed by atoms with E-state index < -0.39 is 0 Å². The number of hydrogen-bond acceptors (Lipinski definition) is 4. The highest BCUT2D eigenvalue weighted by Gasteiger charge is 2.26. The van der Waals surface area contributed by atoms with E-state index in [0.29, 0.717) is 6.04 Å². The molecule has 0 amide bonds. The molecule has 1 unspecified atom stereocenters. The Balaban J connectivity index is 1.82. The molecule has 0 radical (unpaired) electrons. The number of aromatic nitrogens is 1. The lowest BCUT2D eigenvalue weighted by Crippen LogP contribution is -2.33. The molecule has 2 aromatic heterocycles. The average molecular weight is 295 g/mol. The molecule has 2 N–H and O–H groups in total. The van der Waals surface area contributed by atoms with Crippen molar-refractivity contribution in [3.63, 3.8) is 0 Å². The third-order valence-corrected chi connectivity index (χ3v) is 5.39. The van der Waals surface area contributed by atoms with Crippen LogP contribution in [0.2, 0.25) is 0 Å². The summed E-state index contributed by atoms with van der Waals surface area (Å²) in [5.41, 5.74) is 10.8. The Morgan fingerprint density at radius 1 is 1.29 bits per heavy atom. The Morgan fingerprint density at radius 3 is 3.10 bits per heavy atom. The van der Waals surface area contributed by atoms with Gasteiger partial charge in [0, 0.05) is 23.0 Å². The van der Waals surface area contributed by atoms with E-state index in [4.69, 9.17) is 5.73 Å². The molecule has 1 aromatic carbocycles. The molecule has 3 aromatic rings. The van der Waals surface area contributed by atoms with E-state index in [1.54, 1.807) is 0 Å². The molecule has 1 aliphatic heterocycles. The van der Waals surface area contributed by atoms with Gasteiger partial charge in [-0.15, -0.1) is 11.3 Å². The average Bonchev–Trinajstić information content (AvgIpc) is 2.99. The summed E-state index contributed by atoms with van der Waals surface area (Å²) in [7, 11) is 0. The lowest BCUT2D eigenvalue weighted by atomic mass is 9.99. The van der Waals surface area contributed by atoms with Gasteiger partial charge in [-0.1, -0.05) is 0 Å². The van der Waals surface area contributed by atoms with Gasteiger partial charge in [0.05, 0.1) is 22.9 Å². The molecule has 1 aliphatic rings. The van der Waals surface area contributed by atoms with Gasteiger partial charge in [0.25, 0.3) is 0 Å². The molecule has 0 saturated heterocycles. The first-order valence-electron chi connectivity index (χ1n) is 7.22. The minimum Gasteiger partial charge on any atom is -0.396 e. The van der Waals surface area contributed by atoms with Gasteiger partial charge in [0.1, 0.15) is 0 Å². The van der Waals surface area contributed by atoms with Crippen molar-refractivity contribution < 1.29 is 0 Å². The molecule has 0 bridgehead atoms. The largest absolute Gasteiger partial charge is 0.396 e. The summed E-state index contributed by atoms with van der Waals surface area (Å²) in [6, 6.07) is 10.8. The Labute approximate surface area is 128 Å². The minimum atomic E-state index is 0.372. The van der Waals surface area contributed by atoms with Crippen LogP contribution in [-0.4, -0.2) is 11.5 Å². The van der Waals surface area contributed by atoms with Gasteiger partial charge in [-0.2, -0.15) is 0 Å². The van der Waals surface area contributed by atoms with Crippen LogP contribution in [0, 0.1) is 0 Å². The molecule has 0 spiro atoms. The van der Waals surface area contributed by atoms with Crippen LogP contribution in [0.15, 0.2) is 41.9 Å². The molecule has 3 heterocycles. The second-order valence-electron chi connectivity index (χ2n) is 5.49. The monoisotopic (exact) mass is 295 g/mol. The fourth-order valence-electron chi connectivity index (χ4n) is 3.25. The zero-order chi connectivity index (χ0) is 14.4. The molecular formula is C17H17N3S. The van der Waals surface area contributed by atoms with Crippen molar-refractivity contribution >= 4 is 33.6 Å². The number of anilines is 2. The fraction of sp³-hybridized carbons (Fsp3) is 0.235. The highest BCUT2D eigenvalue weighted by molar-refractivity contribution is 7.10. The van der Waals surface area contributed by atoms with Crippen LogP contribution < -0.4 is 10.6 Å². The van der Waals surface area contributed by atoms with Crippen LogP contribution in [0.4, 0.5) is 11.4 Å². The molecule has 106 valence electrons. The quantitative estimate of drug-likeness (QED) is 0.690. The molecule has 4 heteroatoms. The first kappa shape index (κ1) is 12.7. The summed E-state index contributed by atoms with van der Waals surface area (Å²) >= 11 is 1.87. The van der Waals surface area contributed by atoms with E-state index in [0.717, 1.165) is 35.2 Å². The van der Waals surface area contributed by atoms with E-state index in [1.807, 2.05) is 29.7 Å². The Kier molecular flexibility index (Phi) is 2.86. The summed E-state index contributed by atoms with van der Waals surface area (Å²) in [6.45, 7) is 3.28. The second kappa shape index (κ2) is 4.74. The zero-order valence-electron chi connectivity index (χ0n) is 11.9. The number of nitrogens with two attached hydrogens (primary N) is 1. The summed E-state index contributed by atoms with van der Waals surface area (Å²) in [5.74, 6) is 0. The predicted octanol–water partition coefficient (Wildman–Crippen LogP) is 4.00. The number of fused-ring (bicyclic) bond motifs is 2. The van der Waals surface area contributed by atoms with Crippen LogP contribution in [0.3, 0.4) is 0 Å². The first-order valence-corrected chi connectivity index (χ1v) is 8.10. The van der Waals surface area contributed by atoms with E-state index in [9.17, 15) is 0 Å². The molecule has 0 fully saturated rings. The third kappa shape index (κ3) is 1.90. The lowest BCUT2D eigenvalue weighted by Gasteiger charge is -2.36. The molecular weight excluding hydrogens is 278 g/mol. The van der Waals surface area contributed by atoms with Crippen molar-refractivity contribution in [2.24, 2.45) is 0 Å². The molecule has 4 rings (SSSR count). The number of nitrogens with zero attached hydrogens (tertiary/aromatic N) is 2. The molecule has 21 heavy (non-hydrogen) atoms. The Bertz CT molecular complexity index is 809. The fourth-order valence-corrected chi connectivity index (χ4v) is 4.22. The van der Waals surface area contributed by atoms with Gasteiger partial charge in [0.2, 0.25) is 0 Å². The summed E-state index contributed by atoms with van der Waals surface area (Å²) in [5, 5.41) is 3.23. The molecule has 3 nitrogen and oxygen atoms in total. The highest BCUT2D eigenvalue weighted by Crippen LogP contribution is 2.39. The van der Waals surface area contributed by atoms with Gasteiger partial charge < -0.3 is 10.6 Å². The number of thiophene rings is 1. The van der Waals surface area contributed by atoms with Crippen LogP contribution in [0.1, 0.15) is 23.4 Å². The van der Waals surface area contributed by atoms with Crippen LogP contribution in [-0.2, 0) is 6.42 Å². The third-order valence-electron chi connectivity index (χ3n) is 4.39. The van der Waals surface area contributed by atoms with Crippen molar-refractivity contribution in [2.75, 3.05) is 17.2 Å². The maximum atomic E-state index is 6.43. The molecule has 1 atom stereocenters. The van der Waals surface area contributed by atoms with E-state index in [2.05, 4.69) is 40.4 Å². The maximum absolute atomic E-state index is 6.43. The number of benzene rings is 1. The SMILES string of the molecule is CC1c2ccsc2CCN1c1ccc2ncccc2c1N. The van der Waals surface area contributed by atoms with Gasteiger partial charge >= 0.3 is 0 Å². The van der Waals surface area contributed by atoms with E-state index in [-0.39, 0.29) is 0 Å². The summed E-state index contributed by atoms with van der Waals surface area (Å²) in [6.07, 6.45) is 2.91. The van der Waals surface area contributed by atoms with Crippen LogP contribution >= 0.6 is 11.3 Å². The summed E-state index contributed by atoms with van der Waals surface area (Å²) in [4.78, 5) is 8.31. The predicted molar refractivity (Wildman–Crippen MR) is 89.9 cm³/mol. The molecule has 0 saturated carbocycles. The Morgan fingerprint density at radius 2 is 2.19 bits per heavy atom. The van der Waals surface area contributed by atoms with Gasteiger partial charge in [-0.05, 0) is 54.6 Å². The number of pyridine rings is 1. The second-order valence-corrected chi connectivity index (χ2v) is 6.49. The first-order chi connectivity index (χ1) is 10.3. The summed E-state index contributed by atoms with van der Waals surface area (Å²) < 4.78 is 0. The van der Waals surface area contributed by atoms with Gasteiger partial charge in [-0.25, -0.2) is 0 Å². The van der Waals surface area contributed by atoms with Crippen molar-refractivity contribution in [3.05, 3.63) is 52.3 Å². The minimum absolute atomic E-state index is 0.372. The van der Waals surface area contributed by atoms with E-state index in [1.165, 1.54) is 10.4 Å². The van der Waals surface area contributed by atoms with Gasteiger partial charge in [-0.3, -0.25) is 4.98 Å². The zero-order valence-corrected chi connectivity index (χ0v) is 12.7. The highest BCUT2D eigenvalue weighted by atomic mass is 32.1. The number of hydrogen-bond donors (Lipinski definition) is 1. The van der Waals surface area contributed by atoms with Crippen molar-refractivity contribution in [2.45, 2.75) is 19.4 Å². The maximum Gasteiger partial charge on any atom is 0.0724 e. The number of rotatable bonds is 1. The van der Waals surface area contributed by atoms with E-state index >= 15 is 0 Å². The Hall–Kier alpha value is -2.07. The molecule has 0 aliphatic carbocycles.